The topological polar surface area (TPSA) is 9.23 Å². The van der Waals surface area contributed by atoms with E-state index in [0.29, 0.717) is 5.41 Å². The first-order valence-corrected chi connectivity index (χ1v) is 30.3. The Morgan fingerprint density at radius 1 is 0.392 bits per heavy atom. The molecule has 0 aliphatic heterocycles. The lowest BCUT2D eigenvalue weighted by molar-refractivity contribution is 0.0421. The summed E-state index contributed by atoms with van der Waals surface area (Å²) in [6.07, 6.45) is 29.0. The van der Waals surface area contributed by atoms with Crippen LogP contribution < -0.4 is 0 Å². The first kappa shape index (κ1) is 75.9. The molecule has 4 aliphatic carbocycles. The van der Waals surface area contributed by atoms with Crippen LogP contribution >= 0.6 is 0 Å². The van der Waals surface area contributed by atoms with E-state index in [0.717, 1.165) is 79.3 Å². The summed E-state index contributed by atoms with van der Waals surface area (Å²) in [6, 6.07) is 26.1. The monoisotopic (exact) mass is 1030 g/mol. The summed E-state index contributed by atoms with van der Waals surface area (Å²) < 4.78 is 5.13. The molecule has 3 aromatic rings. The van der Waals surface area contributed by atoms with Crippen LogP contribution in [0.2, 0.25) is 0 Å². The highest BCUT2D eigenvalue weighted by molar-refractivity contribution is 5.39. The minimum Gasteiger partial charge on any atom is -0.381 e. The zero-order valence-electron chi connectivity index (χ0n) is 51.1. The molecule has 0 aromatic heterocycles. The van der Waals surface area contributed by atoms with Gasteiger partial charge < -0.3 is 4.74 Å². The molecule has 0 unspecified atom stereocenters. The Labute approximate surface area is 468 Å². The molecule has 0 atom stereocenters. The molecule has 0 amide bonds. The molecule has 0 radical (unpaired) electrons. The second-order valence-electron chi connectivity index (χ2n) is 25.7. The van der Waals surface area contributed by atoms with Crippen LogP contribution in [0, 0.1) is 86.4 Å². The van der Waals surface area contributed by atoms with Crippen molar-refractivity contribution in [1.82, 2.24) is 0 Å². The molecule has 0 N–H and O–H groups in total. The molecule has 0 bridgehead atoms. The Hall–Kier alpha value is -2.38. The summed E-state index contributed by atoms with van der Waals surface area (Å²) in [7, 11) is 0. The van der Waals surface area contributed by atoms with Gasteiger partial charge in [-0.3, -0.25) is 0 Å². The van der Waals surface area contributed by atoms with Crippen molar-refractivity contribution < 1.29 is 4.74 Å². The predicted octanol–water partition coefficient (Wildman–Crippen LogP) is 24.4. The Bertz CT molecular complexity index is 1520. The standard InChI is InChI=1S/C17H32.C17H20.C10H20.C8H16.C8H10.C6H14O.C4H10.3CH4/c2*1-13-5-9-15(10-6-13)17(3,4)16-11-7-14(2)8-12-16;1-3-9-5-7-10(4-2)8-6-9;2*1-7-3-5-8(2)6-4-7;1-3-5-7-6-4-2;1-4(2)3;;;/h13-16H,5-12H2,1-4H3;5-12H,1-4H3;9-10H,3-8H2,1-2H3;7-8H,3-6H2,1-2H3;3-6H,1-2H3;3-6H2,1-2H3;4H,1-3H3;3*1H4. The largest absolute Gasteiger partial charge is 0.381 e. The van der Waals surface area contributed by atoms with Gasteiger partial charge in [-0.15, -0.1) is 0 Å². The maximum absolute atomic E-state index is 5.13. The normalized spacial score (nSPS) is 23.2. The van der Waals surface area contributed by atoms with E-state index in [9.17, 15) is 0 Å². The average molecular weight is 1030 g/mol. The van der Waals surface area contributed by atoms with Crippen LogP contribution in [-0.2, 0) is 10.2 Å². The van der Waals surface area contributed by atoms with E-state index < -0.39 is 0 Å². The minimum absolute atomic E-state index is 0. The summed E-state index contributed by atoms with van der Waals surface area (Å²) in [5.41, 5.74) is 8.70. The summed E-state index contributed by atoms with van der Waals surface area (Å²) in [5.74, 6) is 9.03. The lowest BCUT2D eigenvalue weighted by atomic mass is 9.59. The first-order valence-electron chi connectivity index (χ1n) is 30.3. The Morgan fingerprint density at radius 2 is 0.608 bits per heavy atom. The molecule has 7 rings (SSSR count). The molecule has 0 spiro atoms. The van der Waals surface area contributed by atoms with Gasteiger partial charge in [0, 0.05) is 18.6 Å². The van der Waals surface area contributed by atoms with Gasteiger partial charge in [0.15, 0.2) is 0 Å². The van der Waals surface area contributed by atoms with Crippen LogP contribution in [0.25, 0.3) is 0 Å². The fraction of sp³-hybridized carbons (Fsp3) is 0.753. The van der Waals surface area contributed by atoms with E-state index in [-0.39, 0.29) is 27.7 Å². The number of benzene rings is 3. The molecule has 1 heteroatoms. The second kappa shape index (κ2) is 42.6. The fourth-order valence-corrected chi connectivity index (χ4v) is 11.0. The predicted molar refractivity (Wildman–Crippen MR) is 341 cm³/mol. The van der Waals surface area contributed by atoms with Crippen molar-refractivity contribution in [2.24, 2.45) is 58.7 Å². The van der Waals surface area contributed by atoms with Crippen LogP contribution in [0.1, 0.15) is 288 Å². The van der Waals surface area contributed by atoms with Crippen LogP contribution in [0.3, 0.4) is 0 Å². The van der Waals surface area contributed by atoms with Crippen molar-refractivity contribution in [2.75, 3.05) is 13.2 Å². The molecule has 3 aromatic carbocycles. The van der Waals surface area contributed by atoms with Crippen LogP contribution in [0.4, 0.5) is 0 Å². The Balaban J connectivity index is -0.000000825. The van der Waals surface area contributed by atoms with Crippen molar-refractivity contribution in [1.29, 1.82) is 0 Å². The van der Waals surface area contributed by atoms with E-state index in [2.05, 4.69) is 204 Å². The van der Waals surface area contributed by atoms with Gasteiger partial charge in [0.1, 0.15) is 0 Å². The van der Waals surface area contributed by atoms with Gasteiger partial charge >= 0.3 is 0 Å². The van der Waals surface area contributed by atoms with Gasteiger partial charge in [-0.25, -0.2) is 0 Å². The number of hydrogen-bond acceptors (Lipinski definition) is 1. The lowest BCUT2D eigenvalue weighted by Gasteiger charge is -2.46. The van der Waals surface area contributed by atoms with Crippen molar-refractivity contribution in [3.8, 4) is 0 Å². The third-order valence-corrected chi connectivity index (χ3v) is 17.0. The maximum Gasteiger partial charge on any atom is 0.0463 e. The third-order valence-electron chi connectivity index (χ3n) is 17.0. The zero-order valence-corrected chi connectivity index (χ0v) is 51.1. The van der Waals surface area contributed by atoms with Crippen molar-refractivity contribution >= 4 is 0 Å². The lowest BCUT2D eigenvalue weighted by Crippen LogP contribution is -2.36. The summed E-state index contributed by atoms with van der Waals surface area (Å²) in [6.45, 7) is 45.0. The van der Waals surface area contributed by atoms with E-state index in [1.165, 1.54) is 149 Å². The third kappa shape index (κ3) is 33.0. The van der Waals surface area contributed by atoms with Gasteiger partial charge in [0.25, 0.3) is 0 Å². The van der Waals surface area contributed by atoms with Gasteiger partial charge in [-0.1, -0.05) is 311 Å². The van der Waals surface area contributed by atoms with Crippen molar-refractivity contribution in [3.63, 3.8) is 0 Å². The van der Waals surface area contributed by atoms with Crippen LogP contribution in [0.15, 0.2) is 72.8 Å². The highest BCUT2D eigenvalue weighted by atomic mass is 16.5. The molecule has 4 fully saturated rings. The minimum atomic E-state index is 0. The van der Waals surface area contributed by atoms with Crippen LogP contribution in [0.5, 0.6) is 0 Å². The Morgan fingerprint density at radius 3 is 0.824 bits per heavy atom. The molecule has 432 valence electrons. The van der Waals surface area contributed by atoms with Crippen molar-refractivity contribution in [3.05, 3.63) is 106 Å². The van der Waals surface area contributed by atoms with Gasteiger partial charge in [-0.05, 0) is 136 Å². The molecule has 4 saturated carbocycles. The second-order valence-corrected chi connectivity index (χ2v) is 25.7. The van der Waals surface area contributed by atoms with E-state index >= 15 is 0 Å². The van der Waals surface area contributed by atoms with E-state index in [1.54, 1.807) is 0 Å². The smallest absolute Gasteiger partial charge is 0.0463 e. The zero-order chi connectivity index (χ0) is 53.4. The van der Waals surface area contributed by atoms with Gasteiger partial charge in [0.05, 0.1) is 0 Å². The van der Waals surface area contributed by atoms with E-state index in [1.807, 2.05) is 0 Å². The number of aryl methyl sites for hydroxylation is 4. The molecule has 74 heavy (non-hydrogen) atoms. The molecular weight excluding hydrogens is 893 g/mol. The van der Waals surface area contributed by atoms with Crippen molar-refractivity contribution in [2.45, 2.75) is 288 Å². The van der Waals surface area contributed by atoms with E-state index in [4.69, 9.17) is 4.74 Å². The quantitative estimate of drug-likeness (QED) is 0.184. The average Bonchev–Trinajstić information content (AvgIpc) is 3.35. The highest BCUT2D eigenvalue weighted by Crippen LogP contribution is 2.49. The number of ether oxygens (including phenoxy) is 1. The Kier molecular flexibility index (Phi) is 43.7. The van der Waals surface area contributed by atoms with Crippen LogP contribution in [-0.4, -0.2) is 13.2 Å². The van der Waals surface area contributed by atoms with Gasteiger partial charge in [-0.2, -0.15) is 0 Å². The number of hydrogen-bond donors (Lipinski definition) is 0. The molecule has 0 saturated heterocycles. The fourth-order valence-electron chi connectivity index (χ4n) is 11.0. The summed E-state index contributed by atoms with van der Waals surface area (Å²) in [4.78, 5) is 0. The summed E-state index contributed by atoms with van der Waals surface area (Å²) in [5, 5.41) is 0. The highest BCUT2D eigenvalue weighted by Gasteiger charge is 2.39. The number of rotatable bonds is 10. The maximum atomic E-state index is 5.13. The molecule has 4 aliphatic rings. The molecule has 0 heterocycles. The van der Waals surface area contributed by atoms with Gasteiger partial charge in [0.2, 0.25) is 0 Å². The summed E-state index contributed by atoms with van der Waals surface area (Å²) >= 11 is 0. The molecule has 1 nitrogen and oxygen atoms in total. The first-order chi connectivity index (χ1) is 33.6. The molecular formula is C73H134O. The SMILES string of the molecule is C.C.C.CC(C)C.CC1CCC(C(C)(C)C2CCC(C)CC2)CC1.CC1CCC(C)CC1.CCC1CCC(CC)CC1.CCCOCCC.Cc1ccc(C(C)(C)c2ccc(C)cc2)cc1.Cc1ccc(C)cc1.